The van der Waals surface area contributed by atoms with Gasteiger partial charge in [-0.3, -0.25) is 4.79 Å². The third-order valence-corrected chi connectivity index (χ3v) is 3.71. The van der Waals surface area contributed by atoms with Gasteiger partial charge in [0, 0.05) is 5.69 Å². The fourth-order valence-corrected chi connectivity index (χ4v) is 2.36. The Morgan fingerprint density at radius 1 is 1.19 bits per heavy atom. The van der Waals surface area contributed by atoms with Crippen LogP contribution in [0.1, 0.15) is 20.7 Å². The molecule has 0 radical (unpaired) electrons. The molecule has 9 heteroatoms. The van der Waals surface area contributed by atoms with E-state index in [9.17, 15) is 14.4 Å². The number of fused-ring (bicyclic) bond motifs is 1. The molecule has 0 saturated heterocycles. The van der Waals surface area contributed by atoms with E-state index < -0.39 is 24.5 Å². The second-order valence-electron chi connectivity index (χ2n) is 5.16. The van der Waals surface area contributed by atoms with Crippen molar-refractivity contribution in [1.29, 1.82) is 0 Å². The first-order valence-electron chi connectivity index (χ1n) is 7.27. The molecule has 1 aromatic heterocycles. The van der Waals surface area contributed by atoms with Gasteiger partial charge in [0.2, 0.25) is 0 Å². The lowest BCUT2D eigenvalue weighted by Gasteiger charge is -2.08. The molecule has 2 N–H and O–H groups in total. The topological polar surface area (TPSA) is 119 Å². The summed E-state index contributed by atoms with van der Waals surface area (Å²) in [5.74, 6) is -2.55. The highest BCUT2D eigenvalue weighted by molar-refractivity contribution is 6.33. The van der Waals surface area contributed by atoms with Crippen LogP contribution < -0.4 is 5.32 Å². The molecule has 132 valence electrons. The molecule has 0 fully saturated rings. The number of ether oxygens (including phenoxy) is 1. The Bertz CT molecular complexity index is 1010. The van der Waals surface area contributed by atoms with E-state index in [1.165, 1.54) is 36.7 Å². The summed E-state index contributed by atoms with van der Waals surface area (Å²) in [5.41, 5.74) is 1.31. The lowest BCUT2D eigenvalue weighted by molar-refractivity contribution is -0.119. The molecular formula is C17H11ClN2O6. The smallest absolute Gasteiger partial charge is 0.338 e. The van der Waals surface area contributed by atoms with Crippen molar-refractivity contribution in [3.63, 3.8) is 0 Å². The SMILES string of the molecule is O=C(COC(=O)c1ccc2ocnc2c1)Nc1ccc(Cl)c(C(=O)O)c1. The van der Waals surface area contributed by atoms with Crippen LogP contribution in [-0.2, 0) is 9.53 Å². The van der Waals surface area contributed by atoms with Gasteiger partial charge in [-0.15, -0.1) is 0 Å². The number of carboxylic acids is 1. The number of hydrogen-bond acceptors (Lipinski definition) is 6. The third kappa shape index (κ3) is 3.81. The minimum atomic E-state index is -1.22. The number of nitrogens with zero attached hydrogens (tertiary/aromatic N) is 1. The van der Waals surface area contributed by atoms with Crippen molar-refractivity contribution in [2.45, 2.75) is 0 Å². The number of carbonyl (C=O) groups excluding carboxylic acids is 2. The van der Waals surface area contributed by atoms with Crippen molar-refractivity contribution in [1.82, 2.24) is 4.98 Å². The minimum Gasteiger partial charge on any atom is -0.478 e. The first kappa shape index (κ1) is 17.4. The quantitative estimate of drug-likeness (QED) is 0.659. The van der Waals surface area contributed by atoms with E-state index in [-0.39, 0.29) is 21.8 Å². The number of aromatic carboxylic acids is 1. The summed E-state index contributed by atoms with van der Waals surface area (Å²) in [6.45, 7) is -0.541. The third-order valence-electron chi connectivity index (χ3n) is 3.38. The molecule has 26 heavy (non-hydrogen) atoms. The van der Waals surface area contributed by atoms with Crippen LogP contribution in [0.15, 0.2) is 47.2 Å². The van der Waals surface area contributed by atoms with Crippen LogP contribution >= 0.6 is 11.6 Å². The zero-order chi connectivity index (χ0) is 18.7. The number of oxazole rings is 1. The number of esters is 1. The lowest BCUT2D eigenvalue weighted by atomic mass is 10.2. The number of carboxylic acid groups (broad SMARTS) is 1. The van der Waals surface area contributed by atoms with Crippen LogP contribution in [0.2, 0.25) is 5.02 Å². The number of hydrogen-bond donors (Lipinski definition) is 2. The van der Waals surface area contributed by atoms with Gasteiger partial charge in [-0.25, -0.2) is 14.6 Å². The first-order valence-corrected chi connectivity index (χ1v) is 7.65. The second kappa shape index (κ2) is 7.24. The standard InChI is InChI=1S/C17H11ClN2O6/c18-12-3-2-10(6-11(12)16(22)23)20-15(21)7-25-17(24)9-1-4-14-13(5-9)19-8-26-14/h1-6,8H,7H2,(H,20,21)(H,22,23). The summed E-state index contributed by atoms with van der Waals surface area (Å²) < 4.78 is 10.0. The van der Waals surface area contributed by atoms with Gasteiger partial charge in [0.05, 0.1) is 16.1 Å². The summed E-state index contributed by atoms with van der Waals surface area (Å²) in [6.07, 6.45) is 1.25. The molecule has 1 heterocycles. The molecule has 0 unspecified atom stereocenters. The van der Waals surface area contributed by atoms with Gasteiger partial charge in [0.15, 0.2) is 18.6 Å². The molecule has 8 nitrogen and oxygen atoms in total. The van der Waals surface area contributed by atoms with Crippen molar-refractivity contribution >= 4 is 46.2 Å². The van der Waals surface area contributed by atoms with E-state index in [0.717, 1.165) is 0 Å². The predicted octanol–water partition coefficient (Wildman–Crippen LogP) is 2.97. The Kier molecular flexibility index (Phi) is 4.85. The van der Waals surface area contributed by atoms with Crippen LogP contribution in [0, 0.1) is 0 Å². The van der Waals surface area contributed by atoms with Crippen molar-refractivity contribution in [2.75, 3.05) is 11.9 Å². The summed E-state index contributed by atoms with van der Waals surface area (Å²) in [7, 11) is 0. The minimum absolute atomic E-state index is 0.0465. The van der Waals surface area contributed by atoms with Gasteiger partial charge < -0.3 is 19.6 Å². The Labute approximate surface area is 151 Å². The average Bonchev–Trinajstić information content (AvgIpc) is 3.08. The number of amides is 1. The molecule has 0 spiro atoms. The van der Waals surface area contributed by atoms with E-state index >= 15 is 0 Å². The number of anilines is 1. The highest BCUT2D eigenvalue weighted by atomic mass is 35.5. The van der Waals surface area contributed by atoms with Crippen molar-refractivity contribution in [2.24, 2.45) is 0 Å². The van der Waals surface area contributed by atoms with Crippen molar-refractivity contribution < 1.29 is 28.6 Å². The molecule has 3 aromatic rings. The Morgan fingerprint density at radius 3 is 2.77 bits per heavy atom. The van der Waals surface area contributed by atoms with Crippen LogP contribution in [0.3, 0.4) is 0 Å². The molecule has 1 amide bonds. The van der Waals surface area contributed by atoms with Crippen LogP contribution in [0.4, 0.5) is 5.69 Å². The zero-order valence-corrected chi connectivity index (χ0v) is 13.8. The maximum absolute atomic E-state index is 12.0. The van der Waals surface area contributed by atoms with E-state index in [0.29, 0.717) is 11.1 Å². The van der Waals surface area contributed by atoms with Gasteiger partial charge in [-0.1, -0.05) is 11.6 Å². The summed E-state index contributed by atoms with van der Waals surface area (Å²) >= 11 is 5.76. The number of aromatic nitrogens is 1. The van der Waals surface area contributed by atoms with Crippen LogP contribution in [0.25, 0.3) is 11.1 Å². The van der Waals surface area contributed by atoms with Gasteiger partial charge in [-0.05, 0) is 36.4 Å². The molecular weight excluding hydrogens is 364 g/mol. The molecule has 0 aliphatic heterocycles. The second-order valence-corrected chi connectivity index (χ2v) is 5.57. The van der Waals surface area contributed by atoms with Crippen LogP contribution in [-0.4, -0.2) is 34.5 Å². The average molecular weight is 375 g/mol. The number of rotatable bonds is 5. The molecule has 2 aromatic carbocycles. The molecule has 0 aliphatic carbocycles. The fraction of sp³-hybridized carbons (Fsp3) is 0.0588. The van der Waals surface area contributed by atoms with E-state index in [2.05, 4.69) is 10.3 Å². The predicted molar refractivity (Wildman–Crippen MR) is 91.3 cm³/mol. The molecule has 0 bridgehead atoms. The van der Waals surface area contributed by atoms with Gasteiger partial charge in [0.25, 0.3) is 5.91 Å². The highest BCUT2D eigenvalue weighted by Gasteiger charge is 2.14. The lowest BCUT2D eigenvalue weighted by Crippen LogP contribution is -2.21. The normalized spacial score (nSPS) is 10.5. The number of halogens is 1. The number of carbonyl (C=O) groups is 3. The largest absolute Gasteiger partial charge is 0.478 e. The molecule has 3 rings (SSSR count). The van der Waals surface area contributed by atoms with Gasteiger partial charge in [-0.2, -0.15) is 0 Å². The molecule has 0 aliphatic rings. The van der Waals surface area contributed by atoms with Gasteiger partial charge in [0.1, 0.15) is 5.52 Å². The van der Waals surface area contributed by atoms with Crippen molar-refractivity contribution in [3.8, 4) is 0 Å². The van der Waals surface area contributed by atoms with E-state index in [4.69, 9.17) is 25.9 Å². The monoisotopic (exact) mass is 374 g/mol. The number of nitrogens with one attached hydrogen (secondary N) is 1. The van der Waals surface area contributed by atoms with E-state index in [1.807, 2.05) is 0 Å². The highest BCUT2D eigenvalue weighted by Crippen LogP contribution is 2.20. The Balaban J connectivity index is 1.60. The zero-order valence-electron chi connectivity index (χ0n) is 13.1. The van der Waals surface area contributed by atoms with Gasteiger partial charge >= 0.3 is 11.9 Å². The summed E-state index contributed by atoms with van der Waals surface area (Å²) in [6, 6.07) is 8.54. The summed E-state index contributed by atoms with van der Waals surface area (Å²) in [5, 5.41) is 11.5. The molecule has 0 saturated carbocycles. The van der Waals surface area contributed by atoms with Crippen LogP contribution in [0.5, 0.6) is 0 Å². The summed E-state index contributed by atoms with van der Waals surface area (Å²) in [4.78, 5) is 38.8. The Hall–Kier alpha value is -3.39. The maximum Gasteiger partial charge on any atom is 0.338 e. The van der Waals surface area contributed by atoms with Crippen molar-refractivity contribution in [3.05, 3.63) is 58.9 Å². The fourth-order valence-electron chi connectivity index (χ4n) is 2.16. The van der Waals surface area contributed by atoms with E-state index in [1.54, 1.807) is 6.07 Å². The molecule has 0 atom stereocenters. The Morgan fingerprint density at radius 2 is 2.00 bits per heavy atom. The first-order chi connectivity index (χ1) is 12.4. The maximum atomic E-state index is 12.0. The number of benzene rings is 2.